The molecular formula is C12H12FNO3. The predicted octanol–water partition coefficient (Wildman–Crippen LogP) is 2.13. The molecule has 4 nitrogen and oxygen atoms in total. The Kier molecular flexibility index (Phi) is 4.39. The Labute approximate surface area is 98.1 Å². The Bertz CT molecular complexity index is 469. The van der Waals surface area contributed by atoms with E-state index in [1.807, 2.05) is 0 Å². The Morgan fingerprint density at radius 3 is 2.71 bits per heavy atom. The Balaban J connectivity index is 3.07. The maximum absolute atomic E-state index is 13.0. The van der Waals surface area contributed by atoms with Crippen molar-refractivity contribution in [3.63, 3.8) is 0 Å². The number of anilines is 1. The molecule has 90 valence electrons. The molecule has 0 saturated carbocycles. The molecule has 0 aliphatic rings. The molecule has 0 unspecified atom stereocenters. The van der Waals surface area contributed by atoms with Crippen molar-refractivity contribution in [2.45, 2.75) is 6.92 Å². The summed E-state index contributed by atoms with van der Waals surface area (Å²) >= 11 is 0. The van der Waals surface area contributed by atoms with Crippen LogP contribution in [0.25, 0.3) is 0 Å². The van der Waals surface area contributed by atoms with Gasteiger partial charge in [0, 0.05) is 0 Å². The smallest absolute Gasteiger partial charge is 0.339 e. The molecule has 1 aromatic carbocycles. The number of carbonyl (C=O) groups is 2. The average Bonchev–Trinajstić information content (AvgIpc) is 2.28. The largest absolute Gasteiger partial charge is 0.465 e. The van der Waals surface area contributed by atoms with E-state index in [1.165, 1.54) is 25.3 Å². The molecule has 17 heavy (non-hydrogen) atoms. The number of carbonyl (C=O) groups excluding carboxylic acids is 2. The molecule has 0 aromatic heterocycles. The van der Waals surface area contributed by atoms with E-state index in [0.29, 0.717) is 0 Å². The van der Waals surface area contributed by atoms with Crippen LogP contribution in [0.3, 0.4) is 0 Å². The first-order valence-corrected chi connectivity index (χ1v) is 4.90. The van der Waals surface area contributed by atoms with Crippen molar-refractivity contribution >= 4 is 17.6 Å². The van der Waals surface area contributed by atoms with Crippen LogP contribution in [-0.4, -0.2) is 19.0 Å². The maximum Gasteiger partial charge on any atom is 0.339 e. The molecule has 0 heterocycles. The Hall–Kier alpha value is -2.17. The van der Waals surface area contributed by atoms with E-state index in [2.05, 4.69) is 10.1 Å². The van der Waals surface area contributed by atoms with Gasteiger partial charge in [0.05, 0.1) is 18.4 Å². The number of hydrogen-bond acceptors (Lipinski definition) is 3. The zero-order chi connectivity index (χ0) is 12.8. The zero-order valence-electron chi connectivity index (χ0n) is 9.49. The first kappa shape index (κ1) is 12.9. The normalized spacial score (nSPS) is 10.3. The van der Waals surface area contributed by atoms with Crippen LogP contribution in [0.15, 0.2) is 30.4 Å². The van der Waals surface area contributed by atoms with Crippen LogP contribution < -0.4 is 5.32 Å². The lowest BCUT2D eigenvalue weighted by Gasteiger charge is -2.08. The summed E-state index contributed by atoms with van der Waals surface area (Å²) in [5.74, 6) is -1.63. The van der Waals surface area contributed by atoms with Gasteiger partial charge in [-0.05, 0) is 31.2 Å². The lowest BCUT2D eigenvalue weighted by molar-refractivity contribution is -0.111. The number of nitrogens with one attached hydrogen (secondary N) is 1. The second-order valence-electron chi connectivity index (χ2n) is 3.17. The van der Waals surface area contributed by atoms with Crippen LogP contribution in [0.1, 0.15) is 17.3 Å². The van der Waals surface area contributed by atoms with E-state index < -0.39 is 17.7 Å². The van der Waals surface area contributed by atoms with Gasteiger partial charge in [-0.2, -0.15) is 0 Å². The summed E-state index contributed by atoms with van der Waals surface area (Å²) in [6, 6.07) is 3.44. The van der Waals surface area contributed by atoms with Crippen molar-refractivity contribution in [3.05, 3.63) is 41.7 Å². The van der Waals surface area contributed by atoms with Crippen molar-refractivity contribution in [1.82, 2.24) is 0 Å². The molecule has 1 N–H and O–H groups in total. The summed E-state index contributed by atoms with van der Waals surface area (Å²) in [6.45, 7) is 1.67. The maximum atomic E-state index is 13.0. The van der Waals surface area contributed by atoms with Crippen LogP contribution in [0, 0.1) is 5.82 Å². The molecule has 0 aliphatic carbocycles. The third-order valence-corrected chi connectivity index (χ3v) is 1.96. The molecular weight excluding hydrogens is 225 g/mol. The summed E-state index contributed by atoms with van der Waals surface area (Å²) < 4.78 is 17.6. The fraction of sp³-hybridized carbons (Fsp3) is 0.167. The molecule has 0 spiro atoms. The van der Waals surface area contributed by atoms with Gasteiger partial charge in [0.2, 0.25) is 5.91 Å². The monoisotopic (exact) mass is 237 g/mol. The van der Waals surface area contributed by atoms with Gasteiger partial charge in [-0.25, -0.2) is 9.18 Å². The molecule has 0 atom stereocenters. The third-order valence-electron chi connectivity index (χ3n) is 1.96. The van der Waals surface area contributed by atoms with E-state index in [1.54, 1.807) is 6.92 Å². The highest BCUT2D eigenvalue weighted by atomic mass is 19.1. The second kappa shape index (κ2) is 5.79. The highest BCUT2D eigenvalue weighted by molar-refractivity contribution is 6.04. The Morgan fingerprint density at radius 1 is 1.41 bits per heavy atom. The van der Waals surface area contributed by atoms with Crippen LogP contribution in [0.2, 0.25) is 0 Å². The first-order valence-electron chi connectivity index (χ1n) is 4.90. The van der Waals surface area contributed by atoms with Gasteiger partial charge in [-0.1, -0.05) is 6.08 Å². The molecule has 0 fully saturated rings. The van der Waals surface area contributed by atoms with Crippen molar-refractivity contribution in [3.8, 4) is 0 Å². The number of amides is 1. The van der Waals surface area contributed by atoms with Gasteiger partial charge in [0.25, 0.3) is 0 Å². The Morgan fingerprint density at radius 2 is 2.12 bits per heavy atom. The van der Waals surface area contributed by atoms with Crippen molar-refractivity contribution in [1.29, 1.82) is 0 Å². The highest BCUT2D eigenvalue weighted by Crippen LogP contribution is 2.18. The first-order chi connectivity index (χ1) is 8.08. The summed E-state index contributed by atoms with van der Waals surface area (Å²) in [4.78, 5) is 22.7. The van der Waals surface area contributed by atoms with E-state index >= 15 is 0 Å². The predicted molar refractivity (Wildman–Crippen MR) is 61.2 cm³/mol. The summed E-state index contributed by atoms with van der Waals surface area (Å²) in [7, 11) is 1.21. The van der Waals surface area contributed by atoms with E-state index in [9.17, 15) is 14.0 Å². The summed E-state index contributed by atoms with van der Waals surface area (Å²) in [5.41, 5.74) is 0.187. The average molecular weight is 237 g/mol. The number of halogens is 1. The fourth-order valence-electron chi connectivity index (χ4n) is 1.23. The minimum absolute atomic E-state index is 0.0833. The molecule has 1 rings (SSSR count). The van der Waals surface area contributed by atoms with Crippen molar-refractivity contribution < 1.29 is 18.7 Å². The fourth-order valence-corrected chi connectivity index (χ4v) is 1.23. The van der Waals surface area contributed by atoms with Crippen molar-refractivity contribution in [2.75, 3.05) is 12.4 Å². The lowest BCUT2D eigenvalue weighted by atomic mass is 10.1. The third kappa shape index (κ3) is 3.41. The van der Waals surface area contributed by atoms with Crippen LogP contribution in [0.5, 0.6) is 0 Å². The van der Waals surface area contributed by atoms with E-state index in [0.717, 1.165) is 12.1 Å². The number of rotatable bonds is 3. The van der Waals surface area contributed by atoms with E-state index in [4.69, 9.17) is 0 Å². The van der Waals surface area contributed by atoms with Gasteiger partial charge in [0.1, 0.15) is 5.82 Å². The number of benzene rings is 1. The minimum Gasteiger partial charge on any atom is -0.465 e. The lowest BCUT2D eigenvalue weighted by Crippen LogP contribution is -2.13. The number of esters is 1. The molecule has 0 bridgehead atoms. The summed E-state index contributed by atoms with van der Waals surface area (Å²) in [6.07, 6.45) is 2.80. The van der Waals surface area contributed by atoms with Gasteiger partial charge >= 0.3 is 5.97 Å². The van der Waals surface area contributed by atoms with Crippen LogP contribution in [-0.2, 0) is 9.53 Å². The highest BCUT2D eigenvalue weighted by Gasteiger charge is 2.13. The molecule has 0 aliphatic heterocycles. The van der Waals surface area contributed by atoms with Gasteiger partial charge in [-0.15, -0.1) is 0 Å². The molecule has 0 saturated heterocycles. The van der Waals surface area contributed by atoms with Crippen LogP contribution >= 0.6 is 0 Å². The van der Waals surface area contributed by atoms with E-state index in [-0.39, 0.29) is 11.3 Å². The number of allylic oxidation sites excluding steroid dienone is 1. The van der Waals surface area contributed by atoms with Gasteiger partial charge < -0.3 is 10.1 Å². The van der Waals surface area contributed by atoms with Gasteiger partial charge in [0.15, 0.2) is 0 Å². The molecule has 0 radical (unpaired) electrons. The SMILES string of the molecule is CC=CC(=O)Nc1cc(F)ccc1C(=O)OC. The second-order valence-corrected chi connectivity index (χ2v) is 3.17. The number of hydrogen-bond donors (Lipinski definition) is 1. The molecule has 1 aromatic rings. The standard InChI is InChI=1S/C12H12FNO3/c1-3-4-11(15)14-10-7-8(13)5-6-9(10)12(16)17-2/h3-7H,1-2H3,(H,14,15). The molecule has 5 heteroatoms. The topological polar surface area (TPSA) is 55.4 Å². The number of ether oxygens (including phenoxy) is 1. The van der Waals surface area contributed by atoms with Crippen LogP contribution in [0.4, 0.5) is 10.1 Å². The minimum atomic E-state index is -0.638. The molecule has 1 amide bonds. The quantitative estimate of drug-likeness (QED) is 0.647. The van der Waals surface area contributed by atoms with Gasteiger partial charge in [-0.3, -0.25) is 4.79 Å². The zero-order valence-corrected chi connectivity index (χ0v) is 9.49. The van der Waals surface area contributed by atoms with Crippen molar-refractivity contribution in [2.24, 2.45) is 0 Å². The number of methoxy groups -OCH3 is 1. The summed E-state index contributed by atoms with van der Waals surface area (Å²) in [5, 5.41) is 2.40.